The number of carbonyl (C=O) groups is 1. The van der Waals surface area contributed by atoms with E-state index in [1.165, 1.54) is 6.42 Å². The van der Waals surface area contributed by atoms with E-state index in [2.05, 4.69) is 17.6 Å². The third kappa shape index (κ3) is 3.96. The monoisotopic (exact) mass is 228 g/mol. The third-order valence-electron chi connectivity index (χ3n) is 2.21. The van der Waals surface area contributed by atoms with Gasteiger partial charge in [0, 0.05) is 11.6 Å². The van der Waals surface area contributed by atoms with Crippen LogP contribution >= 0.6 is 11.6 Å². The van der Waals surface area contributed by atoms with Crippen molar-refractivity contribution in [1.29, 1.82) is 0 Å². The Bertz CT molecular complexity index is 272. The number of amides is 2. The molecule has 4 heteroatoms. The van der Waals surface area contributed by atoms with Crippen LogP contribution < -0.4 is 10.6 Å². The number of allylic oxidation sites excluding steroid dienone is 2. The molecule has 1 unspecified atom stereocenters. The maximum absolute atomic E-state index is 10.7. The SMILES string of the molecule is CCCCCl.O=C1NC2=CC=CCC2N1. The van der Waals surface area contributed by atoms with Crippen molar-refractivity contribution in [1.82, 2.24) is 10.6 Å². The van der Waals surface area contributed by atoms with Crippen molar-refractivity contribution in [2.24, 2.45) is 0 Å². The average molecular weight is 229 g/mol. The van der Waals surface area contributed by atoms with Gasteiger partial charge in [0.05, 0.1) is 6.04 Å². The number of unbranched alkanes of at least 4 members (excludes halogenated alkanes) is 1. The molecular formula is C11H17ClN2O. The number of alkyl halides is 1. The minimum atomic E-state index is -0.0834. The zero-order valence-electron chi connectivity index (χ0n) is 8.92. The summed E-state index contributed by atoms with van der Waals surface area (Å²) in [5.74, 6) is 0.816. The number of carbonyl (C=O) groups excluding carboxylic acids is 1. The Morgan fingerprint density at radius 2 is 2.40 bits per heavy atom. The molecule has 2 rings (SSSR count). The fraction of sp³-hybridized carbons (Fsp3) is 0.545. The van der Waals surface area contributed by atoms with Gasteiger partial charge in [0.15, 0.2) is 0 Å². The van der Waals surface area contributed by atoms with Crippen LogP contribution in [0.25, 0.3) is 0 Å². The second kappa shape index (κ2) is 6.51. The van der Waals surface area contributed by atoms with Crippen molar-refractivity contribution >= 4 is 17.6 Å². The molecule has 0 spiro atoms. The van der Waals surface area contributed by atoms with Crippen LogP contribution in [-0.4, -0.2) is 18.0 Å². The molecule has 2 N–H and O–H groups in total. The highest BCUT2D eigenvalue weighted by Crippen LogP contribution is 2.13. The summed E-state index contributed by atoms with van der Waals surface area (Å²) in [5.41, 5.74) is 0.993. The van der Waals surface area contributed by atoms with E-state index in [4.69, 9.17) is 11.6 Å². The Labute approximate surface area is 95.6 Å². The van der Waals surface area contributed by atoms with Gasteiger partial charge >= 0.3 is 6.03 Å². The minimum Gasteiger partial charge on any atom is -0.329 e. The van der Waals surface area contributed by atoms with Crippen LogP contribution in [0.4, 0.5) is 4.79 Å². The maximum atomic E-state index is 10.7. The van der Waals surface area contributed by atoms with E-state index < -0.39 is 0 Å². The summed E-state index contributed by atoms with van der Waals surface area (Å²) in [6.45, 7) is 2.13. The van der Waals surface area contributed by atoms with Gasteiger partial charge in [-0.1, -0.05) is 25.5 Å². The quantitative estimate of drug-likeness (QED) is 0.701. The Kier molecular flexibility index (Phi) is 5.26. The molecule has 84 valence electrons. The Morgan fingerprint density at radius 3 is 2.93 bits per heavy atom. The van der Waals surface area contributed by atoms with E-state index in [1.807, 2.05) is 18.2 Å². The predicted molar refractivity (Wildman–Crippen MR) is 62.9 cm³/mol. The third-order valence-corrected chi connectivity index (χ3v) is 2.48. The van der Waals surface area contributed by atoms with Gasteiger partial charge in [0.25, 0.3) is 0 Å². The molecule has 1 saturated heterocycles. The van der Waals surface area contributed by atoms with Crippen LogP contribution in [0.5, 0.6) is 0 Å². The molecule has 1 aliphatic carbocycles. The molecule has 1 fully saturated rings. The lowest BCUT2D eigenvalue weighted by Crippen LogP contribution is -2.25. The summed E-state index contributed by atoms with van der Waals surface area (Å²) >= 11 is 5.30. The highest BCUT2D eigenvalue weighted by molar-refractivity contribution is 6.17. The van der Waals surface area contributed by atoms with E-state index >= 15 is 0 Å². The van der Waals surface area contributed by atoms with Crippen molar-refractivity contribution in [3.8, 4) is 0 Å². The maximum Gasteiger partial charge on any atom is 0.319 e. The number of urea groups is 1. The molecule has 0 aromatic heterocycles. The normalized spacial score (nSPS) is 21.9. The van der Waals surface area contributed by atoms with Crippen molar-refractivity contribution < 1.29 is 4.79 Å². The molecule has 3 nitrogen and oxygen atoms in total. The molecule has 0 aromatic rings. The van der Waals surface area contributed by atoms with Gasteiger partial charge in [-0.05, 0) is 18.9 Å². The number of rotatable bonds is 2. The van der Waals surface area contributed by atoms with Gasteiger partial charge in [-0.2, -0.15) is 0 Å². The molecular weight excluding hydrogens is 212 g/mol. The topological polar surface area (TPSA) is 41.1 Å². The first-order valence-electron chi connectivity index (χ1n) is 5.28. The van der Waals surface area contributed by atoms with E-state index in [0.717, 1.165) is 24.4 Å². The molecule has 1 aliphatic heterocycles. The van der Waals surface area contributed by atoms with E-state index in [0.29, 0.717) is 0 Å². The molecule has 0 aromatic carbocycles. The summed E-state index contributed by atoms with van der Waals surface area (Å²) in [5, 5.41) is 5.50. The lowest BCUT2D eigenvalue weighted by Gasteiger charge is -2.09. The minimum absolute atomic E-state index is 0.0834. The average Bonchev–Trinajstić information content (AvgIpc) is 2.60. The molecule has 0 bridgehead atoms. The summed E-state index contributed by atoms with van der Waals surface area (Å²) < 4.78 is 0. The van der Waals surface area contributed by atoms with Crippen molar-refractivity contribution in [3.63, 3.8) is 0 Å². The van der Waals surface area contributed by atoms with Gasteiger partial charge in [-0.3, -0.25) is 0 Å². The van der Waals surface area contributed by atoms with E-state index in [9.17, 15) is 4.79 Å². The fourth-order valence-electron chi connectivity index (χ4n) is 1.35. The molecule has 1 heterocycles. The Hall–Kier alpha value is -0.960. The summed E-state index contributed by atoms with van der Waals surface area (Å²) in [4.78, 5) is 10.7. The van der Waals surface area contributed by atoms with Crippen molar-refractivity contribution in [2.45, 2.75) is 32.2 Å². The van der Waals surface area contributed by atoms with Crippen LogP contribution in [-0.2, 0) is 0 Å². The standard InChI is InChI=1S/C7H8N2O.C4H9Cl/c10-7-8-5-3-1-2-4-6(5)9-7;1-2-3-4-5/h1-3,6H,4H2,(H2,8,9,10);2-4H2,1H3. The van der Waals surface area contributed by atoms with Gasteiger partial charge < -0.3 is 10.6 Å². The summed E-state index contributed by atoms with van der Waals surface area (Å²) in [6.07, 6.45) is 9.20. The first-order valence-corrected chi connectivity index (χ1v) is 5.81. The summed E-state index contributed by atoms with van der Waals surface area (Å²) in [7, 11) is 0. The van der Waals surface area contributed by atoms with E-state index in [1.54, 1.807) is 0 Å². The predicted octanol–water partition coefficient (Wildman–Crippen LogP) is 2.54. The number of fused-ring (bicyclic) bond motifs is 1. The molecule has 0 saturated carbocycles. The van der Waals surface area contributed by atoms with Crippen LogP contribution in [0.3, 0.4) is 0 Å². The van der Waals surface area contributed by atoms with E-state index in [-0.39, 0.29) is 12.1 Å². The van der Waals surface area contributed by atoms with Gasteiger partial charge in [0.2, 0.25) is 0 Å². The molecule has 0 radical (unpaired) electrons. The molecule has 2 aliphatic rings. The second-order valence-corrected chi connectivity index (χ2v) is 3.86. The first-order chi connectivity index (χ1) is 7.27. The second-order valence-electron chi connectivity index (χ2n) is 3.48. The highest BCUT2D eigenvalue weighted by atomic mass is 35.5. The molecule has 2 amide bonds. The summed E-state index contributed by atoms with van der Waals surface area (Å²) in [6, 6.07) is 0.123. The van der Waals surface area contributed by atoms with Crippen LogP contribution in [0.1, 0.15) is 26.2 Å². The number of halogens is 1. The van der Waals surface area contributed by atoms with Gasteiger partial charge in [0.1, 0.15) is 0 Å². The number of hydrogen-bond acceptors (Lipinski definition) is 1. The lowest BCUT2D eigenvalue weighted by atomic mass is 10.1. The van der Waals surface area contributed by atoms with Crippen LogP contribution in [0, 0.1) is 0 Å². The Balaban J connectivity index is 0.000000195. The van der Waals surface area contributed by atoms with Crippen LogP contribution in [0.2, 0.25) is 0 Å². The van der Waals surface area contributed by atoms with Crippen LogP contribution in [0.15, 0.2) is 23.9 Å². The first kappa shape index (κ1) is 12.1. The zero-order chi connectivity index (χ0) is 11.1. The molecule has 15 heavy (non-hydrogen) atoms. The number of hydrogen-bond donors (Lipinski definition) is 2. The molecule has 1 atom stereocenters. The smallest absolute Gasteiger partial charge is 0.319 e. The largest absolute Gasteiger partial charge is 0.329 e. The van der Waals surface area contributed by atoms with Gasteiger partial charge in [-0.25, -0.2) is 4.79 Å². The number of nitrogens with one attached hydrogen (secondary N) is 2. The Morgan fingerprint density at radius 1 is 1.60 bits per heavy atom. The fourth-order valence-corrected chi connectivity index (χ4v) is 1.62. The zero-order valence-corrected chi connectivity index (χ0v) is 9.68. The lowest BCUT2D eigenvalue weighted by molar-refractivity contribution is 0.247. The van der Waals surface area contributed by atoms with Crippen molar-refractivity contribution in [2.75, 3.05) is 5.88 Å². The van der Waals surface area contributed by atoms with Crippen molar-refractivity contribution in [3.05, 3.63) is 23.9 Å². The highest BCUT2D eigenvalue weighted by Gasteiger charge is 2.25. The van der Waals surface area contributed by atoms with Gasteiger partial charge in [-0.15, -0.1) is 11.6 Å².